The first kappa shape index (κ1) is 28.8. The smallest absolute Gasteiger partial charge is 0.314 e. The van der Waals surface area contributed by atoms with Crippen LogP contribution in [0.1, 0.15) is 92.4 Å². The van der Waals surface area contributed by atoms with Crippen LogP contribution in [0.2, 0.25) is 0 Å². The van der Waals surface area contributed by atoms with E-state index in [4.69, 9.17) is 14.2 Å². The Morgan fingerprint density at radius 1 is 1.00 bits per heavy atom. The first-order chi connectivity index (χ1) is 18.0. The summed E-state index contributed by atoms with van der Waals surface area (Å²) in [5, 5.41) is 33.7. The van der Waals surface area contributed by atoms with Gasteiger partial charge in [-0.1, -0.05) is 20.8 Å². The zero-order chi connectivity index (χ0) is 27.5. The molecule has 38 heavy (non-hydrogen) atoms. The van der Waals surface area contributed by atoms with Crippen LogP contribution in [0.25, 0.3) is 0 Å². The second-order valence-electron chi connectivity index (χ2n) is 14.0. The zero-order valence-corrected chi connectivity index (χ0v) is 24.2. The van der Waals surface area contributed by atoms with Crippen molar-refractivity contribution in [3.05, 3.63) is 0 Å². The molecule has 218 valence electrons. The van der Waals surface area contributed by atoms with Gasteiger partial charge in [0, 0.05) is 6.42 Å². The summed E-state index contributed by atoms with van der Waals surface area (Å²) in [5.74, 6) is 0.101. The van der Waals surface area contributed by atoms with Crippen LogP contribution in [0.5, 0.6) is 0 Å². The third-order valence-corrected chi connectivity index (χ3v) is 12.5. The summed E-state index contributed by atoms with van der Waals surface area (Å²) in [6, 6.07) is 0. The molecule has 1 heterocycles. The third kappa shape index (κ3) is 4.47. The van der Waals surface area contributed by atoms with Crippen LogP contribution < -0.4 is 0 Å². The molecule has 7 heteroatoms. The minimum absolute atomic E-state index is 0.0852. The van der Waals surface area contributed by atoms with E-state index in [1.165, 1.54) is 0 Å². The highest BCUT2D eigenvalue weighted by Crippen LogP contribution is 2.68. The number of esters is 1. The number of carbonyl (C=O) groups is 1. The van der Waals surface area contributed by atoms with Gasteiger partial charge in [0.1, 0.15) is 5.92 Å². The van der Waals surface area contributed by atoms with E-state index in [2.05, 4.69) is 20.8 Å². The number of hydrogen-bond donors (Lipinski definition) is 3. The molecule has 0 spiro atoms. The van der Waals surface area contributed by atoms with Crippen molar-refractivity contribution in [2.24, 2.45) is 52.3 Å². The summed E-state index contributed by atoms with van der Waals surface area (Å²) in [5.41, 5.74) is -0.155. The summed E-state index contributed by atoms with van der Waals surface area (Å²) >= 11 is 0. The van der Waals surface area contributed by atoms with Gasteiger partial charge in [0.05, 0.1) is 38.1 Å². The Morgan fingerprint density at radius 2 is 1.71 bits per heavy atom. The lowest BCUT2D eigenvalue weighted by Gasteiger charge is -2.63. The van der Waals surface area contributed by atoms with Gasteiger partial charge in [0.2, 0.25) is 0 Å². The van der Waals surface area contributed by atoms with Crippen molar-refractivity contribution in [1.82, 2.24) is 0 Å². The van der Waals surface area contributed by atoms with Gasteiger partial charge >= 0.3 is 5.97 Å². The molecule has 1 unspecified atom stereocenters. The van der Waals surface area contributed by atoms with Gasteiger partial charge in [-0.2, -0.15) is 0 Å². The van der Waals surface area contributed by atoms with Gasteiger partial charge in [0.15, 0.2) is 5.79 Å². The number of fused-ring (bicyclic) bond motifs is 5. The monoisotopic (exact) mass is 536 g/mol. The lowest BCUT2D eigenvalue weighted by Crippen LogP contribution is -2.62. The van der Waals surface area contributed by atoms with Gasteiger partial charge in [-0.3, -0.25) is 4.79 Å². The SMILES string of the molecule is CCOC(=O)C(C)C1(CC[C@@H](C)[C@H]2CC[C@H]3[C@@H]4[C@H](O)C[C@@H]5C[C@H](O)CC[C@]5(C)[C@H]4C[C@H](O)[C@]23C)OCCO1. The molecule has 1 aliphatic heterocycles. The summed E-state index contributed by atoms with van der Waals surface area (Å²) < 4.78 is 17.4. The summed E-state index contributed by atoms with van der Waals surface area (Å²) in [7, 11) is 0. The molecule has 0 aromatic carbocycles. The second-order valence-corrected chi connectivity index (χ2v) is 14.0. The standard InChI is InChI=1S/C31H52O7/c1-6-36-28(35)19(3)31(37-13-14-38-31)12-9-18(2)22-7-8-23-27-24(17-26(34)30(22,23)5)29(4)11-10-21(32)15-20(29)16-25(27)33/h18-27,32-34H,6-17H2,1-5H3/t18-,19?,20+,21-,22-,23+,24+,25-,26+,27+,29+,30-/m1/s1. The normalized spacial score (nSPS) is 47.5. The van der Waals surface area contributed by atoms with E-state index in [0.29, 0.717) is 55.8 Å². The molecule has 5 aliphatic rings. The quantitative estimate of drug-likeness (QED) is 0.417. The molecule has 5 rings (SSSR count). The minimum atomic E-state index is -0.940. The first-order valence-corrected chi connectivity index (χ1v) is 15.5. The molecular formula is C31H52O7. The van der Waals surface area contributed by atoms with E-state index in [1.807, 2.05) is 13.8 Å². The maximum Gasteiger partial charge on any atom is 0.314 e. The maximum absolute atomic E-state index is 12.6. The molecule has 0 amide bonds. The predicted molar refractivity (Wildman–Crippen MR) is 143 cm³/mol. The Bertz CT molecular complexity index is 857. The van der Waals surface area contributed by atoms with E-state index in [0.717, 1.165) is 51.4 Å². The van der Waals surface area contributed by atoms with E-state index in [-0.39, 0.29) is 34.9 Å². The number of hydrogen-bond acceptors (Lipinski definition) is 7. The van der Waals surface area contributed by atoms with Crippen LogP contribution in [0.3, 0.4) is 0 Å². The fraction of sp³-hybridized carbons (Fsp3) is 0.968. The van der Waals surface area contributed by atoms with Crippen LogP contribution in [0.4, 0.5) is 0 Å². The summed E-state index contributed by atoms with van der Waals surface area (Å²) in [4.78, 5) is 12.6. The van der Waals surface area contributed by atoms with E-state index in [9.17, 15) is 20.1 Å². The molecule has 0 radical (unpaired) electrons. The highest BCUT2D eigenvalue weighted by atomic mass is 16.7. The summed E-state index contributed by atoms with van der Waals surface area (Å²) in [6.45, 7) is 11.9. The largest absolute Gasteiger partial charge is 0.466 e. The molecule has 0 aromatic rings. The number of rotatable bonds is 7. The molecule has 1 saturated heterocycles. The zero-order valence-electron chi connectivity index (χ0n) is 24.2. The Labute approximate surface area is 229 Å². The molecule has 7 nitrogen and oxygen atoms in total. The van der Waals surface area contributed by atoms with Crippen LogP contribution >= 0.6 is 0 Å². The molecule has 3 N–H and O–H groups in total. The van der Waals surface area contributed by atoms with Crippen LogP contribution in [-0.2, 0) is 19.0 Å². The third-order valence-electron chi connectivity index (χ3n) is 12.5. The Hall–Kier alpha value is -0.730. The fourth-order valence-electron chi connectivity index (χ4n) is 10.3. The molecular weight excluding hydrogens is 484 g/mol. The van der Waals surface area contributed by atoms with Gasteiger partial charge in [-0.15, -0.1) is 0 Å². The minimum Gasteiger partial charge on any atom is -0.466 e. The Morgan fingerprint density at radius 3 is 2.39 bits per heavy atom. The second kappa shape index (κ2) is 10.6. The van der Waals surface area contributed by atoms with Crippen molar-refractivity contribution in [3.8, 4) is 0 Å². The molecule has 0 bridgehead atoms. The van der Waals surface area contributed by atoms with Crippen molar-refractivity contribution >= 4 is 5.97 Å². The molecule has 5 fully saturated rings. The predicted octanol–water partition coefficient (Wildman–Crippen LogP) is 4.31. The average Bonchev–Trinajstić information content (AvgIpc) is 3.50. The molecule has 4 aliphatic carbocycles. The Balaban J connectivity index is 1.32. The van der Waals surface area contributed by atoms with Crippen molar-refractivity contribution in [2.45, 2.75) is 117 Å². The highest BCUT2D eigenvalue weighted by Gasteiger charge is 2.65. The van der Waals surface area contributed by atoms with Crippen molar-refractivity contribution in [3.63, 3.8) is 0 Å². The summed E-state index contributed by atoms with van der Waals surface area (Å²) in [6.07, 6.45) is 6.68. The fourth-order valence-corrected chi connectivity index (χ4v) is 10.3. The highest BCUT2D eigenvalue weighted by molar-refractivity contribution is 5.73. The number of aliphatic hydroxyl groups is 3. The lowest BCUT2D eigenvalue weighted by molar-refractivity contribution is -0.215. The molecule has 0 aromatic heterocycles. The molecule has 4 saturated carbocycles. The van der Waals surface area contributed by atoms with Crippen molar-refractivity contribution in [2.75, 3.05) is 19.8 Å². The number of carbonyl (C=O) groups excluding carboxylic acids is 1. The average molecular weight is 537 g/mol. The number of aliphatic hydroxyl groups excluding tert-OH is 3. The van der Waals surface area contributed by atoms with Crippen LogP contribution in [0, 0.1) is 52.3 Å². The van der Waals surface area contributed by atoms with Gasteiger partial charge in [-0.05, 0) is 112 Å². The van der Waals surface area contributed by atoms with Crippen molar-refractivity contribution in [1.29, 1.82) is 0 Å². The van der Waals surface area contributed by atoms with E-state index >= 15 is 0 Å². The maximum atomic E-state index is 12.6. The number of ether oxygens (including phenoxy) is 3. The Kier molecular flexibility index (Phi) is 8.02. The van der Waals surface area contributed by atoms with Crippen molar-refractivity contribution < 1.29 is 34.3 Å². The van der Waals surface area contributed by atoms with Crippen LogP contribution in [-0.4, -0.2) is 65.2 Å². The van der Waals surface area contributed by atoms with Gasteiger partial charge in [-0.25, -0.2) is 0 Å². The van der Waals surface area contributed by atoms with Gasteiger partial charge in [0.25, 0.3) is 0 Å². The lowest BCUT2D eigenvalue weighted by atomic mass is 9.43. The van der Waals surface area contributed by atoms with E-state index < -0.39 is 17.8 Å². The first-order valence-electron chi connectivity index (χ1n) is 15.5. The van der Waals surface area contributed by atoms with Crippen LogP contribution in [0.15, 0.2) is 0 Å². The molecule has 12 atom stereocenters. The van der Waals surface area contributed by atoms with E-state index in [1.54, 1.807) is 0 Å². The topological polar surface area (TPSA) is 105 Å². The van der Waals surface area contributed by atoms with Gasteiger partial charge < -0.3 is 29.5 Å².